The summed E-state index contributed by atoms with van der Waals surface area (Å²) in [4.78, 5) is -0.293. The standard InChI is InChI=1S/C23H18ClNO4S/c1-28-23-14-18(9-12-22(23)29-16-17-7-10-19(24)11-8-17)13-21(15-25)30(26,27)20-5-3-2-4-6-20/h2-14H,16H2,1H3. The Morgan fingerprint density at radius 1 is 1.03 bits per heavy atom. The molecule has 3 aromatic carbocycles. The summed E-state index contributed by atoms with van der Waals surface area (Å²) in [6.45, 7) is 0.314. The van der Waals surface area contributed by atoms with Crippen molar-refractivity contribution in [2.75, 3.05) is 7.11 Å². The molecule has 0 unspecified atom stereocenters. The first-order chi connectivity index (χ1) is 14.4. The summed E-state index contributed by atoms with van der Waals surface area (Å²) >= 11 is 5.89. The molecule has 0 heterocycles. The Kier molecular flexibility index (Phi) is 6.78. The Labute approximate surface area is 180 Å². The predicted molar refractivity (Wildman–Crippen MR) is 116 cm³/mol. The van der Waals surface area contributed by atoms with Crippen LogP contribution in [0, 0.1) is 11.3 Å². The molecule has 0 saturated carbocycles. The van der Waals surface area contributed by atoms with Crippen molar-refractivity contribution in [2.24, 2.45) is 0 Å². The van der Waals surface area contributed by atoms with Crippen molar-refractivity contribution >= 4 is 27.5 Å². The van der Waals surface area contributed by atoms with Gasteiger partial charge in [0.25, 0.3) is 0 Å². The largest absolute Gasteiger partial charge is 0.493 e. The van der Waals surface area contributed by atoms with Crippen LogP contribution < -0.4 is 9.47 Å². The molecule has 0 spiro atoms. The number of benzene rings is 3. The second kappa shape index (κ2) is 9.49. The molecule has 7 heteroatoms. The molecular formula is C23H18ClNO4S. The molecule has 0 aliphatic heterocycles. The molecule has 0 aliphatic rings. The third-order valence-electron chi connectivity index (χ3n) is 4.25. The Bertz CT molecular complexity index is 1200. The highest BCUT2D eigenvalue weighted by Crippen LogP contribution is 2.31. The Hall–Kier alpha value is -3.27. The number of allylic oxidation sites excluding steroid dienone is 1. The lowest BCUT2D eigenvalue weighted by molar-refractivity contribution is 0.284. The first-order valence-corrected chi connectivity index (χ1v) is 10.8. The van der Waals surface area contributed by atoms with Crippen molar-refractivity contribution in [1.29, 1.82) is 5.26 Å². The molecule has 0 fully saturated rings. The van der Waals surface area contributed by atoms with Gasteiger partial charge < -0.3 is 9.47 Å². The molecule has 3 aromatic rings. The number of hydrogen-bond donors (Lipinski definition) is 0. The van der Waals surface area contributed by atoms with Crippen molar-refractivity contribution in [3.05, 3.63) is 93.9 Å². The SMILES string of the molecule is COc1cc(C=C(C#N)S(=O)(=O)c2ccccc2)ccc1OCc1ccc(Cl)cc1. The van der Waals surface area contributed by atoms with Gasteiger partial charge in [-0.25, -0.2) is 8.42 Å². The van der Waals surface area contributed by atoms with Crippen LogP contribution in [0.2, 0.25) is 5.02 Å². The Morgan fingerprint density at radius 2 is 1.73 bits per heavy atom. The number of nitrogens with zero attached hydrogens (tertiary/aromatic N) is 1. The highest BCUT2D eigenvalue weighted by atomic mass is 35.5. The van der Waals surface area contributed by atoms with E-state index in [-0.39, 0.29) is 9.80 Å². The summed E-state index contributed by atoms with van der Waals surface area (Å²) in [7, 11) is -2.42. The molecule has 0 amide bonds. The molecule has 152 valence electrons. The maximum Gasteiger partial charge on any atom is 0.216 e. The van der Waals surface area contributed by atoms with Crippen LogP contribution in [-0.4, -0.2) is 15.5 Å². The van der Waals surface area contributed by atoms with Gasteiger partial charge in [-0.1, -0.05) is 48.0 Å². The molecule has 0 aromatic heterocycles. The van der Waals surface area contributed by atoms with Crippen LogP contribution >= 0.6 is 11.6 Å². The second-order valence-corrected chi connectivity index (χ2v) is 8.62. The van der Waals surface area contributed by atoms with Crippen LogP contribution in [0.5, 0.6) is 11.5 Å². The fraction of sp³-hybridized carbons (Fsp3) is 0.0870. The summed E-state index contributed by atoms with van der Waals surface area (Å²) in [6.07, 6.45) is 1.31. The first kappa shape index (κ1) is 21.4. The molecule has 0 radical (unpaired) electrons. The van der Waals surface area contributed by atoms with Gasteiger partial charge in [0.2, 0.25) is 9.84 Å². The molecule has 0 aliphatic carbocycles. The summed E-state index contributed by atoms with van der Waals surface area (Å²) < 4.78 is 36.6. The second-order valence-electron chi connectivity index (χ2n) is 6.26. The minimum absolute atomic E-state index is 0.0627. The zero-order chi connectivity index (χ0) is 21.6. The van der Waals surface area contributed by atoms with Gasteiger partial charge in [0.15, 0.2) is 11.5 Å². The summed E-state index contributed by atoms with van der Waals surface area (Å²) in [6, 6.07) is 21.9. The van der Waals surface area contributed by atoms with Crippen LogP contribution in [0.1, 0.15) is 11.1 Å². The Morgan fingerprint density at radius 3 is 2.37 bits per heavy atom. The van der Waals surface area contributed by atoms with Gasteiger partial charge in [-0.15, -0.1) is 0 Å². The third kappa shape index (κ3) is 5.01. The maximum absolute atomic E-state index is 12.7. The Balaban J connectivity index is 1.86. The zero-order valence-corrected chi connectivity index (χ0v) is 17.7. The minimum Gasteiger partial charge on any atom is -0.493 e. The fourth-order valence-electron chi connectivity index (χ4n) is 2.68. The topological polar surface area (TPSA) is 76.4 Å². The van der Waals surface area contributed by atoms with Gasteiger partial charge in [-0.2, -0.15) is 5.26 Å². The fourth-order valence-corrected chi connectivity index (χ4v) is 3.99. The average Bonchev–Trinajstić information content (AvgIpc) is 2.77. The van der Waals surface area contributed by atoms with Crippen LogP contribution in [-0.2, 0) is 16.4 Å². The van der Waals surface area contributed by atoms with Crippen molar-refractivity contribution in [1.82, 2.24) is 0 Å². The number of rotatable bonds is 7. The zero-order valence-electron chi connectivity index (χ0n) is 16.1. The molecule has 5 nitrogen and oxygen atoms in total. The number of methoxy groups -OCH3 is 1. The lowest BCUT2D eigenvalue weighted by Crippen LogP contribution is -2.03. The van der Waals surface area contributed by atoms with E-state index in [4.69, 9.17) is 21.1 Å². The number of hydrogen-bond acceptors (Lipinski definition) is 5. The van der Waals surface area contributed by atoms with Crippen molar-refractivity contribution in [2.45, 2.75) is 11.5 Å². The van der Waals surface area contributed by atoms with E-state index >= 15 is 0 Å². The van der Waals surface area contributed by atoms with Gasteiger partial charge in [-0.05, 0) is 53.6 Å². The quantitative estimate of drug-likeness (QED) is 0.469. The monoisotopic (exact) mass is 439 g/mol. The van der Waals surface area contributed by atoms with Gasteiger partial charge in [-0.3, -0.25) is 0 Å². The number of sulfone groups is 1. The highest BCUT2D eigenvalue weighted by molar-refractivity contribution is 7.95. The summed E-state index contributed by atoms with van der Waals surface area (Å²) in [5.74, 6) is 0.918. The molecule has 30 heavy (non-hydrogen) atoms. The van der Waals surface area contributed by atoms with Gasteiger partial charge in [0, 0.05) is 5.02 Å². The van der Waals surface area contributed by atoms with Gasteiger partial charge >= 0.3 is 0 Å². The van der Waals surface area contributed by atoms with Crippen LogP contribution in [0.15, 0.2) is 82.6 Å². The van der Waals surface area contributed by atoms with Gasteiger partial charge in [0.1, 0.15) is 17.6 Å². The average molecular weight is 440 g/mol. The van der Waals surface area contributed by atoms with Crippen molar-refractivity contribution in [3.8, 4) is 17.6 Å². The van der Waals surface area contributed by atoms with Crippen LogP contribution in [0.25, 0.3) is 6.08 Å². The van der Waals surface area contributed by atoms with Crippen LogP contribution in [0.4, 0.5) is 0 Å². The molecule has 3 rings (SSSR count). The van der Waals surface area contributed by atoms with Crippen molar-refractivity contribution < 1.29 is 17.9 Å². The number of ether oxygens (including phenoxy) is 2. The van der Waals surface area contributed by atoms with Crippen molar-refractivity contribution in [3.63, 3.8) is 0 Å². The van der Waals surface area contributed by atoms with E-state index in [1.54, 1.807) is 54.6 Å². The molecule has 0 saturated heterocycles. The van der Waals surface area contributed by atoms with E-state index in [9.17, 15) is 13.7 Å². The molecule has 0 N–H and O–H groups in total. The summed E-state index contributed by atoms with van der Waals surface area (Å²) in [5.41, 5.74) is 1.44. The smallest absolute Gasteiger partial charge is 0.216 e. The van der Waals surface area contributed by atoms with E-state index in [1.807, 2.05) is 12.1 Å². The normalized spacial score (nSPS) is 11.6. The predicted octanol–water partition coefficient (Wildman–Crippen LogP) is 5.27. The summed E-state index contributed by atoms with van der Waals surface area (Å²) in [5, 5.41) is 10.1. The van der Waals surface area contributed by atoms with E-state index < -0.39 is 9.84 Å². The maximum atomic E-state index is 12.7. The molecular weight excluding hydrogens is 422 g/mol. The van der Waals surface area contributed by atoms with E-state index in [0.29, 0.717) is 28.7 Å². The highest BCUT2D eigenvalue weighted by Gasteiger charge is 2.20. The van der Waals surface area contributed by atoms with E-state index in [2.05, 4.69) is 0 Å². The first-order valence-electron chi connectivity index (χ1n) is 8.91. The lowest BCUT2D eigenvalue weighted by Gasteiger charge is -2.12. The minimum atomic E-state index is -3.91. The third-order valence-corrected chi connectivity index (χ3v) is 6.18. The van der Waals surface area contributed by atoms with E-state index in [0.717, 1.165) is 5.56 Å². The van der Waals surface area contributed by atoms with Crippen LogP contribution in [0.3, 0.4) is 0 Å². The van der Waals surface area contributed by atoms with Gasteiger partial charge in [0.05, 0.1) is 12.0 Å². The molecule has 0 atom stereocenters. The molecule has 0 bridgehead atoms. The number of nitriles is 1. The number of halogens is 1. The lowest BCUT2D eigenvalue weighted by atomic mass is 10.2. The van der Waals surface area contributed by atoms with E-state index in [1.165, 1.54) is 25.3 Å².